The van der Waals surface area contributed by atoms with E-state index in [2.05, 4.69) is 15.2 Å². The number of ether oxygens (including phenoxy) is 2. The summed E-state index contributed by atoms with van der Waals surface area (Å²) >= 11 is 0. The number of likely N-dealkylation sites (tertiary alicyclic amines) is 1. The van der Waals surface area contributed by atoms with E-state index in [-0.39, 0.29) is 23.5 Å². The summed E-state index contributed by atoms with van der Waals surface area (Å²) in [7, 11) is 1.57. The second-order valence-corrected chi connectivity index (χ2v) is 8.47. The Morgan fingerprint density at radius 3 is 2.54 bits per heavy atom. The minimum atomic E-state index is -4.77. The van der Waals surface area contributed by atoms with Gasteiger partial charge in [0.2, 0.25) is 0 Å². The van der Waals surface area contributed by atoms with Gasteiger partial charge >= 0.3 is 6.36 Å². The van der Waals surface area contributed by atoms with Gasteiger partial charge in [-0.15, -0.1) is 13.2 Å². The smallest absolute Gasteiger partial charge is 0.406 e. The van der Waals surface area contributed by atoms with Crippen LogP contribution in [0.25, 0.3) is 10.9 Å². The Balaban J connectivity index is 1.34. The minimum Gasteiger partial charge on any atom is -0.406 e. The maximum atomic E-state index is 12.6. The number of amides is 2. The number of nitrogens with one attached hydrogen (secondary N) is 1. The second kappa shape index (κ2) is 9.95. The monoisotopic (exact) mass is 490 g/mol. The third kappa shape index (κ3) is 5.91. The van der Waals surface area contributed by atoms with Gasteiger partial charge in [0.1, 0.15) is 5.75 Å². The molecule has 0 aliphatic carbocycles. The summed E-state index contributed by atoms with van der Waals surface area (Å²) in [6.07, 6.45) is -2.89. The van der Waals surface area contributed by atoms with E-state index in [0.29, 0.717) is 43.9 Å². The Kier molecular flexibility index (Phi) is 6.97. The molecule has 2 amide bonds. The topological polar surface area (TPSA) is 85.7 Å². The maximum Gasteiger partial charge on any atom is 0.573 e. The van der Waals surface area contributed by atoms with Crippen LogP contribution < -0.4 is 10.1 Å². The summed E-state index contributed by atoms with van der Waals surface area (Å²) in [6, 6.07) is 8.59. The summed E-state index contributed by atoms with van der Waals surface area (Å²) < 4.78 is 47.5. The van der Waals surface area contributed by atoms with Crippen molar-refractivity contribution >= 4 is 22.7 Å². The molecule has 0 saturated carbocycles. The Labute approximate surface area is 199 Å². The van der Waals surface area contributed by atoms with Crippen molar-refractivity contribution in [3.63, 3.8) is 0 Å². The highest BCUT2D eigenvalue weighted by Gasteiger charge is 2.33. The molecule has 3 aromatic rings. The lowest BCUT2D eigenvalue weighted by molar-refractivity contribution is -0.274. The first-order valence-corrected chi connectivity index (χ1v) is 11.0. The standard InChI is InChI=1S/C24H25F3N4O4/c1-15-9-21-18(10-20(15)22(32)28-7-8-34-2)14-31(29-21)13-16-11-30(12-16)23(33)17-3-5-19(6-4-17)35-24(25,26)27/h3-6,9-10,14,16H,7-8,11-13H2,1-2H3,(H,28,32). The maximum absolute atomic E-state index is 12.6. The number of nitrogens with zero attached hydrogens (tertiary/aromatic N) is 3. The molecule has 186 valence electrons. The number of hydrogen-bond donors (Lipinski definition) is 1. The van der Waals surface area contributed by atoms with Gasteiger partial charge in [-0.25, -0.2) is 0 Å². The van der Waals surface area contributed by atoms with Crippen molar-refractivity contribution in [1.82, 2.24) is 20.0 Å². The predicted molar refractivity (Wildman–Crippen MR) is 121 cm³/mol. The zero-order valence-corrected chi connectivity index (χ0v) is 19.3. The second-order valence-electron chi connectivity index (χ2n) is 8.47. The van der Waals surface area contributed by atoms with E-state index in [9.17, 15) is 22.8 Å². The first-order chi connectivity index (χ1) is 16.6. The van der Waals surface area contributed by atoms with Crippen LogP contribution in [0.4, 0.5) is 13.2 Å². The number of carbonyl (C=O) groups excluding carboxylic acids is 2. The lowest BCUT2D eigenvalue weighted by Gasteiger charge is -2.39. The van der Waals surface area contributed by atoms with Crippen LogP contribution in [0.15, 0.2) is 42.6 Å². The van der Waals surface area contributed by atoms with E-state index in [4.69, 9.17) is 4.74 Å². The van der Waals surface area contributed by atoms with Crippen molar-refractivity contribution in [3.8, 4) is 5.75 Å². The van der Waals surface area contributed by atoms with E-state index < -0.39 is 6.36 Å². The lowest BCUT2D eigenvalue weighted by atomic mass is 9.99. The number of aryl methyl sites for hydroxylation is 1. The van der Waals surface area contributed by atoms with Crippen molar-refractivity contribution in [2.45, 2.75) is 19.8 Å². The van der Waals surface area contributed by atoms with Crippen LogP contribution in [0.1, 0.15) is 26.3 Å². The summed E-state index contributed by atoms with van der Waals surface area (Å²) in [5.41, 5.74) is 2.49. The SMILES string of the molecule is COCCNC(=O)c1cc2cn(CC3CN(C(=O)c4ccc(OC(F)(F)F)cc4)C3)nc2cc1C. The first-order valence-electron chi connectivity index (χ1n) is 11.0. The fourth-order valence-electron chi connectivity index (χ4n) is 4.02. The van der Waals surface area contributed by atoms with Gasteiger partial charge in [-0.3, -0.25) is 14.3 Å². The molecular formula is C24H25F3N4O4. The molecule has 0 spiro atoms. The average molecular weight is 490 g/mol. The van der Waals surface area contributed by atoms with Crippen molar-refractivity contribution in [2.75, 3.05) is 33.4 Å². The number of carbonyl (C=O) groups is 2. The van der Waals surface area contributed by atoms with E-state index in [1.54, 1.807) is 12.0 Å². The molecule has 35 heavy (non-hydrogen) atoms. The van der Waals surface area contributed by atoms with Crippen LogP contribution in [0, 0.1) is 12.8 Å². The van der Waals surface area contributed by atoms with Gasteiger partial charge in [-0.05, 0) is 48.9 Å². The molecular weight excluding hydrogens is 465 g/mol. The van der Waals surface area contributed by atoms with Crippen LogP contribution >= 0.6 is 0 Å². The van der Waals surface area contributed by atoms with Gasteiger partial charge in [0.05, 0.1) is 12.1 Å². The third-order valence-corrected chi connectivity index (χ3v) is 5.76. The fourth-order valence-corrected chi connectivity index (χ4v) is 4.02. The van der Waals surface area contributed by atoms with Gasteiger partial charge in [0, 0.05) is 61.9 Å². The van der Waals surface area contributed by atoms with Crippen LogP contribution in [0.5, 0.6) is 5.75 Å². The molecule has 0 bridgehead atoms. The van der Waals surface area contributed by atoms with Crippen molar-refractivity contribution < 1.29 is 32.2 Å². The van der Waals surface area contributed by atoms with Gasteiger partial charge in [0.25, 0.3) is 11.8 Å². The molecule has 0 atom stereocenters. The van der Waals surface area contributed by atoms with E-state index in [0.717, 1.165) is 28.6 Å². The number of fused-ring (bicyclic) bond motifs is 1. The molecule has 4 rings (SSSR count). The predicted octanol–water partition coefficient (Wildman–Crippen LogP) is 3.39. The number of alkyl halides is 3. The van der Waals surface area contributed by atoms with Crippen LogP contribution in [0.2, 0.25) is 0 Å². The molecule has 1 saturated heterocycles. The highest BCUT2D eigenvalue weighted by molar-refractivity contribution is 5.99. The number of methoxy groups -OCH3 is 1. The molecule has 0 unspecified atom stereocenters. The number of rotatable bonds is 8. The van der Waals surface area contributed by atoms with E-state index >= 15 is 0 Å². The number of halogens is 3. The number of hydrogen-bond acceptors (Lipinski definition) is 5. The Morgan fingerprint density at radius 2 is 1.89 bits per heavy atom. The van der Waals surface area contributed by atoms with Crippen LogP contribution in [0.3, 0.4) is 0 Å². The van der Waals surface area contributed by atoms with Crippen molar-refractivity contribution in [2.24, 2.45) is 5.92 Å². The third-order valence-electron chi connectivity index (χ3n) is 5.76. The van der Waals surface area contributed by atoms with Crippen LogP contribution in [-0.2, 0) is 11.3 Å². The van der Waals surface area contributed by atoms with Crippen molar-refractivity contribution in [3.05, 3.63) is 59.3 Å². The lowest BCUT2D eigenvalue weighted by Crippen LogP contribution is -2.51. The van der Waals surface area contributed by atoms with E-state index in [1.807, 2.05) is 29.9 Å². The molecule has 1 aliphatic rings. The normalized spacial score (nSPS) is 14.1. The Hall–Kier alpha value is -3.60. The number of aromatic nitrogens is 2. The van der Waals surface area contributed by atoms with Crippen molar-refractivity contribution in [1.29, 1.82) is 0 Å². The van der Waals surface area contributed by atoms with E-state index in [1.165, 1.54) is 12.1 Å². The fraction of sp³-hybridized carbons (Fsp3) is 0.375. The molecule has 1 N–H and O–H groups in total. The summed E-state index contributed by atoms with van der Waals surface area (Å²) in [5.74, 6) is -0.586. The quantitative estimate of drug-likeness (QED) is 0.490. The largest absolute Gasteiger partial charge is 0.573 e. The first kappa shape index (κ1) is 24.5. The summed E-state index contributed by atoms with van der Waals surface area (Å²) in [4.78, 5) is 26.7. The van der Waals surface area contributed by atoms with Crippen LogP contribution in [-0.4, -0.2) is 66.2 Å². The molecule has 11 heteroatoms. The van der Waals surface area contributed by atoms with Gasteiger partial charge in [-0.1, -0.05) is 0 Å². The summed E-state index contributed by atoms with van der Waals surface area (Å²) in [6.45, 7) is 4.36. The highest BCUT2D eigenvalue weighted by Crippen LogP contribution is 2.26. The molecule has 1 fully saturated rings. The molecule has 1 aliphatic heterocycles. The Morgan fingerprint density at radius 1 is 1.17 bits per heavy atom. The molecule has 1 aromatic heterocycles. The van der Waals surface area contributed by atoms with Gasteiger partial charge in [0.15, 0.2) is 0 Å². The minimum absolute atomic E-state index is 0.166. The molecule has 0 radical (unpaired) electrons. The molecule has 8 nitrogen and oxygen atoms in total. The molecule has 2 aromatic carbocycles. The zero-order valence-electron chi connectivity index (χ0n) is 19.3. The Bertz CT molecular complexity index is 1220. The highest BCUT2D eigenvalue weighted by atomic mass is 19.4. The van der Waals surface area contributed by atoms with Gasteiger partial charge < -0.3 is 19.7 Å². The van der Waals surface area contributed by atoms with Gasteiger partial charge in [-0.2, -0.15) is 5.10 Å². The zero-order chi connectivity index (χ0) is 25.2. The summed E-state index contributed by atoms with van der Waals surface area (Å²) in [5, 5.41) is 8.26. The average Bonchev–Trinajstić information content (AvgIpc) is 3.15. The molecule has 2 heterocycles. The number of benzene rings is 2.